The first-order chi connectivity index (χ1) is 13.7. The number of aromatic nitrogens is 1. The van der Waals surface area contributed by atoms with Crippen LogP contribution in [0.2, 0.25) is 0 Å². The van der Waals surface area contributed by atoms with Crippen molar-refractivity contribution < 1.29 is 14.3 Å². The van der Waals surface area contributed by atoms with Crippen LogP contribution in [0, 0.1) is 0 Å². The highest BCUT2D eigenvalue weighted by atomic mass is 16.5. The number of methoxy groups -OCH3 is 1. The largest absolute Gasteiger partial charge is 0.493 e. The molecule has 1 aliphatic heterocycles. The van der Waals surface area contributed by atoms with Crippen molar-refractivity contribution in [3.63, 3.8) is 0 Å². The van der Waals surface area contributed by atoms with Crippen LogP contribution >= 0.6 is 0 Å². The number of benzene rings is 1. The van der Waals surface area contributed by atoms with Crippen LogP contribution in [0.15, 0.2) is 48.2 Å². The molecule has 0 radical (unpaired) electrons. The van der Waals surface area contributed by atoms with E-state index in [4.69, 9.17) is 9.47 Å². The third-order valence-electron chi connectivity index (χ3n) is 5.53. The molecule has 2 heterocycles. The summed E-state index contributed by atoms with van der Waals surface area (Å²) >= 11 is 0. The van der Waals surface area contributed by atoms with E-state index in [1.165, 1.54) is 12.8 Å². The second kappa shape index (κ2) is 8.46. The Balaban J connectivity index is 1.56. The van der Waals surface area contributed by atoms with E-state index in [0.717, 1.165) is 41.2 Å². The van der Waals surface area contributed by atoms with Gasteiger partial charge in [0, 0.05) is 24.2 Å². The number of nitrogens with one attached hydrogen (secondary N) is 1. The van der Waals surface area contributed by atoms with Crippen LogP contribution in [-0.4, -0.2) is 30.6 Å². The van der Waals surface area contributed by atoms with Crippen LogP contribution < -0.4 is 14.8 Å². The Bertz CT molecular complexity index is 857. The number of nitrogens with zero attached hydrogens (tertiary/aromatic N) is 1. The van der Waals surface area contributed by atoms with Crippen molar-refractivity contribution in [2.45, 2.75) is 44.1 Å². The van der Waals surface area contributed by atoms with Gasteiger partial charge in [-0.25, -0.2) is 0 Å². The Hall–Kier alpha value is -2.82. The number of amides is 1. The molecule has 1 saturated heterocycles. The highest BCUT2D eigenvalue weighted by Crippen LogP contribution is 2.36. The molecule has 1 aromatic heterocycles. The fourth-order valence-corrected chi connectivity index (χ4v) is 3.98. The second-order valence-corrected chi connectivity index (χ2v) is 7.47. The smallest absolute Gasteiger partial charge is 0.247 e. The van der Waals surface area contributed by atoms with Crippen LogP contribution in [-0.2, 0) is 4.79 Å². The third kappa shape index (κ3) is 4.19. The standard InChI is InChI=1S/C23H26N2O3/c1-27-21-10-9-16(14-22(21)28-20-7-2-3-8-20)18-12-17(23(26)25-15-18)13-19-6-4-5-11-24-19/h4-6,9-11,13-14,18,20H,2-3,7-8,12,15H2,1H3,(H,25,26). The first-order valence-electron chi connectivity index (χ1n) is 9.97. The summed E-state index contributed by atoms with van der Waals surface area (Å²) in [4.78, 5) is 16.6. The summed E-state index contributed by atoms with van der Waals surface area (Å²) in [5.74, 6) is 1.75. The van der Waals surface area contributed by atoms with Crippen molar-refractivity contribution in [3.05, 3.63) is 59.4 Å². The molecule has 1 saturated carbocycles. The molecule has 2 fully saturated rings. The first-order valence-corrected chi connectivity index (χ1v) is 9.97. The maximum absolute atomic E-state index is 12.3. The molecule has 2 aliphatic rings. The zero-order chi connectivity index (χ0) is 19.3. The summed E-state index contributed by atoms with van der Waals surface area (Å²) in [5, 5.41) is 3.02. The molecule has 2 aromatic rings. The van der Waals surface area contributed by atoms with Gasteiger partial charge in [0.2, 0.25) is 5.91 Å². The Kier molecular flexibility index (Phi) is 5.60. The lowest BCUT2D eigenvalue weighted by Crippen LogP contribution is -2.35. The molecule has 1 aromatic carbocycles. The van der Waals surface area contributed by atoms with Gasteiger partial charge < -0.3 is 14.8 Å². The lowest BCUT2D eigenvalue weighted by Gasteiger charge is -2.26. The number of hydrogen-bond donors (Lipinski definition) is 1. The number of ether oxygens (including phenoxy) is 2. The number of carbonyl (C=O) groups is 1. The fourth-order valence-electron chi connectivity index (χ4n) is 3.98. The Morgan fingerprint density at radius 2 is 2.00 bits per heavy atom. The van der Waals surface area contributed by atoms with Crippen LogP contribution in [0.5, 0.6) is 11.5 Å². The minimum absolute atomic E-state index is 0.0159. The van der Waals surface area contributed by atoms with Crippen molar-refractivity contribution in [2.24, 2.45) is 0 Å². The van der Waals surface area contributed by atoms with Gasteiger partial charge in [-0.15, -0.1) is 0 Å². The molecule has 1 unspecified atom stereocenters. The van der Waals surface area contributed by atoms with Crippen LogP contribution in [0.4, 0.5) is 0 Å². The van der Waals surface area contributed by atoms with Gasteiger partial charge in [0.15, 0.2) is 11.5 Å². The Morgan fingerprint density at radius 1 is 1.14 bits per heavy atom. The van der Waals surface area contributed by atoms with Gasteiger partial charge >= 0.3 is 0 Å². The SMILES string of the molecule is COc1ccc(C2CNC(=O)C(=Cc3ccccn3)C2)cc1OC1CCCC1. The topological polar surface area (TPSA) is 60.5 Å². The molecule has 4 rings (SSSR count). The number of hydrogen-bond acceptors (Lipinski definition) is 4. The molecule has 1 amide bonds. The summed E-state index contributed by atoms with van der Waals surface area (Å²) in [6, 6.07) is 11.8. The van der Waals surface area contributed by atoms with Crippen LogP contribution in [0.3, 0.4) is 0 Å². The fraction of sp³-hybridized carbons (Fsp3) is 0.391. The Morgan fingerprint density at radius 3 is 2.75 bits per heavy atom. The zero-order valence-electron chi connectivity index (χ0n) is 16.2. The van der Waals surface area contributed by atoms with E-state index in [9.17, 15) is 4.79 Å². The van der Waals surface area contributed by atoms with E-state index in [-0.39, 0.29) is 17.9 Å². The molecule has 5 heteroatoms. The molecule has 0 spiro atoms. The maximum atomic E-state index is 12.3. The summed E-state index contributed by atoms with van der Waals surface area (Å²) < 4.78 is 11.7. The highest BCUT2D eigenvalue weighted by Gasteiger charge is 2.26. The summed E-state index contributed by atoms with van der Waals surface area (Å²) in [7, 11) is 1.67. The molecule has 1 N–H and O–H groups in total. The average molecular weight is 378 g/mol. The van der Waals surface area contributed by atoms with E-state index in [2.05, 4.69) is 22.4 Å². The maximum Gasteiger partial charge on any atom is 0.247 e. The number of piperidine rings is 1. The minimum Gasteiger partial charge on any atom is -0.493 e. The number of carbonyl (C=O) groups excluding carboxylic acids is 1. The van der Waals surface area contributed by atoms with E-state index in [1.54, 1.807) is 13.3 Å². The number of pyridine rings is 1. The van der Waals surface area contributed by atoms with Gasteiger partial charge in [-0.05, 0) is 68.0 Å². The molecule has 0 bridgehead atoms. The van der Waals surface area contributed by atoms with Gasteiger partial charge in [-0.1, -0.05) is 12.1 Å². The van der Waals surface area contributed by atoms with Crippen LogP contribution in [0.25, 0.3) is 6.08 Å². The van der Waals surface area contributed by atoms with Gasteiger partial charge in [-0.2, -0.15) is 0 Å². The predicted octanol–water partition coefficient (Wildman–Crippen LogP) is 4.10. The summed E-state index contributed by atoms with van der Waals surface area (Å²) in [6.07, 6.45) is 9.22. The van der Waals surface area contributed by atoms with Crippen LogP contribution in [0.1, 0.15) is 49.3 Å². The Labute approximate surface area is 165 Å². The quantitative estimate of drug-likeness (QED) is 0.796. The van der Waals surface area contributed by atoms with Crippen molar-refractivity contribution in [1.82, 2.24) is 10.3 Å². The van der Waals surface area contributed by atoms with E-state index in [0.29, 0.717) is 13.0 Å². The molecule has 28 heavy (non-hydrogen) atoms. The van der Waals surface area contributed by atoms with E-state index in [1.807, 2.05) is 30.3 Å². The van der Waals surface area contributed by atoms with E-state index >= 15 is 0 Å². The van der Waals surface area contributed by atoms with Gasteiger partial charge in [0.25, 0.3) is 0 Å². The second-order valence-electron chi connectivity index (χ2n) is 7.47. The molecular formula is C23H26N2O3. The summed E-state index contributed by atoms with van der Waals surface area (Å²) in [6.45, 7) is 0.619. The van der Waals surface area contributed by atoms with Crippen molar-refractivity contribution in [1.29, 1.82) is 0 Å². The molecule has 1 atom stereocenters. The highest BCUT2D eigenvalue weighted by molar-refractivity contribution is 5.98. The van der Waals surface area contributed by atoms with Gasteiger partial charge in [-0.3, -0.25) is 9.78 Å². The first kappa shape index (κ1) is 18.5. The normalized spacial score (nSPS) is 21.5. The minimum atomic E-state index is -0.0159. The molecule has 146 valence electrons. The van der Waals surface area contributed by atoms with E-state index < -0.39 is 0 Å². The molecule has 1 aliphatic carbocycles. The average Bonchev–Trinajstić information content (AvgIpc) is 3.23. The van der Waals surface area contributed by atoms with Gasteiger partial charge in [0.05, 0.1) is 18.9 Å². The third-order valence-corrected chi connectivity index (χ3v) is 5.53. The number of rotatable bonds is 5. The molecule has 5 nitrogen and oxygen atoms in total. The monoisotopic (exact) mass is 378 g/mol. The van der Waals surface area contributed by atoms with Crippen molar-refractivity contribution >= 4 is 12.0 Å². The lowest BCUT2D eigenvalue weighted by atomic mass is 9.88. The van der Waals surface area contributed by atoms with Crippen molar-refractivity contribution in [3.8, 4) is 11.5 Å². The van der Waals surface area contributed by atoms with Crippen molar-refractivity contribution in [2.75, 3.05) is 13.7 Å². The molecular weight excluding hydrogens is 352 g/mol. The predicted molar refractivity (Wildman–Crippen MR) is 108 cm³/mol. The van der Waals surface area contributed by atoms with Gasteiger partial charge in [0.1, 0.15) is 0 Å². The lowest BCUT2D eigenvalue weighted by molar-refractivity contribution is -0.118. The summed E-state index contributed by atoms with van der Waals surface area (Å²) in [5.41, 5.74) is 2.71. The zero-order valence-corrected chi connectivity index (χ0v) is 16.2.